The third-order valence-corrected chi connectivity index (χ3v) is 3.20. The molecule has 0 aromatic heterocycles. The molecule has 0 amide bonds. The predicted molar refractivity (Wildman–Crippen MR) is 55.7 cm³/mol. The minimum atomic E-state index is -1.73. The molecule has 0 saturated carbocycles. The van der Waals surface area contributed by atoms with E-state index in [1.54, 1.807) is 20.8 Å². The first-order chi connectivity index (χ1) is 7.84. The molecule has 6 heteroatoms. The molecular weight excluding hydrogens is 226 g/mol. The van der Waals surface area contributed by atoms with E-state index in [0.717, 1.165) is 0 Å². The summed E-state index contributed by atoms with van der Waals surface area (Å²) in [7, 11) is 1.49. The maximum Gasteiger partial charge on any atom is 0.206 e. The van der Waals surface area contributed by atoms with E-state index in [2.05, 4.69) is 0 Å². The largest absolute Gasteiger partial charge is 0.371 e. The van der Waals surface area contributed by atoms with Crippen LogP contribution >= 0.6 is 0 Å². The second kappa shape index (κ2) is 3.90. The van der Waals surface area contributed by atoms with Crippen LogP contribution in [0.3, 0.4) is 0 Å². The van der Waals surface area contributed by atoms with Crippen LogP contribution in [0.4, 0.5) is 0 Å². The summed E-state index contributed by atoms with van der Waals surface area (Å²) in [5, 5.41) is 19.5. The first-order valence-corrected chi connectivity index (χ1v) is 5.51. The highest BCUT2D eigenvalue weighted by Gasteiger charge is 2.62. The molecule has 2 rings (SSSR count). The lowest BCUT2D eigenvalue weighted by Crippen LogP contribution is -2.63. The van der Waals surface area contributed by atoms with Crippen LogP contribution in [0.5, 0.6) is 0 Å². The fourth-order valence-corrected chi connectivity index (χ4v) is 2.29. The fraction of sp³-hybridized carbons (Fsp3) is 0.909. The van der Waals surface area contributed by atoms with E-state index in [-0.39, 0.29) is 0 Å². The fourth-order valence-electron chi connectivity index (χ4n) is 2.29. The number of ether oxygens (including phenoxy) is 4. The molecular formula is C11H17NO5. The summed E-state index contributed by atoms with van der Waals surface area (Å²) >= 11 is 0. The van der Waals surface area contributed by atoms with E-state index in [1.165, 1.54) is 7.11 Å². The maximum absolute atomic E-state index is 10.3. The van der Waals surface area contributed by atoms with Crippen molar-refractivity contribution in [3.05, 3.63) is 0 Å². The van der Waals surface area contributed by atoms with E-state index >= 15 is 0 Å². The van der Waals surface area contributed by atoms with E-state index in [1.807, 2.05) is 6.07 Å². The number of rotatable bonds is 1. The van der Waals surface area contributed by atoms with Gasteiger partial charge in [-0.05, 0) is 20.8 Å². The summed E-state index contributed by atoms with van der Waals surface area (Å²) in [6.45, 7) is 5.06. The Morgan fingerprint density at radius 1 is 1.35 bits per heavy atom. The molecule has 0 radical (unpaired) electrons. The maximum atomic E-state index is 10.3. The van der Waals surface area contributed by atoms with Gasteiger partial charge in [0.2, 0.25) is 5.60 Å². The third-order valence-electron chi connectivity index (χ3n) is 3.20. The average Bonchev–Trinajstić information content (AvgIpc) is 2.60. The van der Waals surface area contributed by atoms with Gasteiger partial charge in [-0.15, -0.1) is 0 Å². The van der Waals surface area contributed by atoms with Crippen molar-refractivity contribution in [3.63, 3.8) is 0 Å². The Hall–Kier alpha value is -0.710. The van der Waals surface area contributed by atoms with Crippen molar-refractivity contribution in [1.82, 2.24) is 0 Å². The summed E-state index contributed by atoms with van der Waals surface area (Å²) in [4.78, 5) is 0. The molecule has 0 spiro atoms. The van der Waals surface area contributed by atoms with Gasteiger partial charge < -0.3 is 24.1 Å². The van der Waals surface area contributed by atoms with E-state index in [9.17, 15) is 5.11 Å². The topological polar surface area (TPSA) is 80.9 Å². The molecule has 1 N–H and O–H groups in total. The number of aliphatic hydroxyl groups is 1. The Bertz CT molecular complexity index is 352. The Balaban J connectivity index is 2.35. The van der Waals surface area contributed by atoms with Gasteiger partial charge in [0.05, 0.1) is 0 Å². The summed E-state index contributed by atoms with van der Waals surface area (Å²) in [5.41, 5.74) is -1.73. The Morgan fingerprint density at radius 2 is 2.00 bits per heavy atom. The van der Waals surface area contributed by atoms with Crippen LogP contribution < -0.4 is 0 Å². The first-order valence-electron chi connectivity index (χ1n) is 5.51. The molecule has 2 aliphatic heterocycles. The molecule has 2 fully saturated rings. The zero-order chi connectivity index (χ0) is 12.8. The zero-order valence-electron chi connectivity index (χ0n) is 10.3. The minimum Gasteiger partial charge on any atom is -0.371 e. The molecule has 2 heterocycles. The van der Waals surface area contributed by atoms with Crippen molar-refractivity contribution < 1.29 is 24.1 Å². The molecule has 17 heavy (non-hydrogen) atoms. The number of methoxy groups -OCH3 is 1. The van der Waals surface area contributed by atoms with Crippen LogP contribution in [-0.2, 0) is 18.9 Å². The van der Waals surface area contributed by atoms with Gasteiger partial charge in [0, 0.05) is 7.11 Å². The molecule has 2 aliphatic rings. The van der Waals surface area contributed by atoms with Crippen molar-refractivity contribution in [1.29, 1.82) is 5.26 Å². The quantitative estimate of drug-likeness (QED) is 0.660. The van der Waals surface area contributed by atoms with Crippen LogP contribution in [0.1, 0.15) is 20.8 Å². The predicted octanol–water partition coefficient (Wildman–Crippen LogP) is 0.152. The molecule has 6 nitrogen and oxygen atoms in total. The van der Waals surface area contributed by atoms with Gasteiger partial charge in [-0.1, -0.05) is 0 Å². The molecule has 0 bridgehead atoms. The Morgan fingerprint density at radius 3 is 2.53 bits per heavy atom. The highest BCUT2D eigenvalue weighted by atomic mass is 16.8. The number of hydrogen-bond acceptors (Lipinski definition) is 6. The average molecular weight is 243 g/mol. The monoisotopic (exact) mass is 243 g/mol. The van der Waals surface area contributed by atoms with Gasteiger partial charge in [0.25, 0.3) is 0 Å². The lowest BCUT2D eigenvalue weighted by molar-refractivity contribution is -0.279. The number of nitrogens with zero attached hydrogens (tertiary/aromatic N) is 1. The van der Waals surface area contributed by atoms with E-state index < -0.39 is 36.0 Å². The Kier molecular flexibility index (Phi) is 2.92. The summed E-state index contributed by atoms with van der Waals surface area (Å²) < 4.78 is 21.8. The second-order valence-electron chi connectivity index (χ2n) is 4.84. The van der Waals surface area contributed by atoms with Crippen LogP contribution in [0.15, 0.2) is 0 Å². The first kappa shape index (κ1) is 12.7. The standard InChI is InChI=1S/C11H17NO5/c1-6-11(13,5-12)8-7(9(14-4)15-6)16-10(2,3)17-8/h6-9,13H,1-4H3/t6-,7+,8-,9+,11+/m0/s1. The zero-order valence-corrected chi connectivity index (χ0v) is 10.3. The van der Waals surface area contributed by atoms with Gasteiger partial charge in [-0.2, -0.15) is 5.26 Å². The van der Waals surface area contributed by atoms with Gasteiger partial charge in [0.1, 0.15) is 24.4 Å². The Labute approximate surface area is 100 Å². The van der Waals surface area contributed by atoms with E-state index in [4.69, 9.17) is 24.2 Å². The van der Waals surface area contributed by atoms with Crippen LogP contribution in [0, 0.1) is 11.3 Å². The van der Waals surface area contributed by atoms with Gasteiger partial charge in [0.15, 0.2) is 12.1 Å². The summed E-state index contributed by atoms with van der Waals surface area (Å²) in [6.07, 6.45) is -2.76. The normalized spacial score (nSPS) is 48.5. The molecule has 0 unspecified atom stereocenters. The van der Waals surface area contributed by atoms with Crippen LogP contribution in [0.25, 0.3) is 0 Å². The van der Waals surface area contributed by atoms with Crippen LogP contribution in [-0.4, -0.2) is 48.2 Å². The molecule has 96 valence electrons. The van der Waals surface area contributed by atoms with Gasteiger partial charge in [-0.25, -0.2) is 0 Å². The summed E-state index contributed by atoms with van der Waals surface area (Å²) in [5.74, 6) is -0.871. The van der Waals surface area contributed by atoms with Gasteiger partial charge >= 0.3 is 0 Å². The lowest BCUT2D eigenvalue weighted by Gasteiger charge is -2.42. The molecule has 5 atom stereocenters. The lowest BCUT2D eigenvalue weighted by atomic mass is 9.86. The molecule has 0 aliphatic carbocycles. The molecule has 0 aromatic carbocycles. The SMILES string of the molecule is CO[C@@H]1O[C@@H](C)[C@](O)(C#N)[C@H]2OC(C)(C)O[C@@H]12. The number of nitriles is 1. The number of fused-ring (bicyclic) bond motifs is 1. The highest BCUT2D eigenvalue weighted by Crippen LogP contribution is 2.42. The third kappa shape index (κ3) is 1.84. The summed E-state index contributed by atoms with van der Waals surface area (Å²) in [6, 6.07) is 1.85. The second-order valence-corrected chi connectivity index (χ2v) is 4.84. The van der Waals surface area contributed by atoms with Crippen molar-refractivity contribution in [2.45, 2.75) is 56.8 Å². The minimum absolute atomic E-state index is 0.615. The van der Waals surface area contributed by atoms with Crippen molar-refractivity contribution in [2.75, 3.05) is 7.11 Å². The van der Waals surface area contributed by atoms with Crippen LogP contribution in [0.2, 0.25) is 0 Å². The van der Waals surface area contributed by atoms with Crippen molar-refractivity contribution in [2.24, 2.45) is 0 Å². The van der Waals surface area contributed by atoms with Gasteiger partial charge in [-0.3, -0.25) is 0 Å². The molecule has 2 saturated heterocycles. The smallest absolute Gasteiger partial charge is 0.206 e. The van der Waals surface area contributed by atoms with Crippen molar-refractivity contribution >= 4 is 0 Å². The van der Waals surface area contributed by atoms with Crippen molar-refractivity contribution in [3.8, 4) is 6.07 Å². The highest BCUT2D eigenvalue weighted by molar-refractivity contribution is 5.16. The number of hydrogen-bond donors (Lipinski definition) is 1. The van der Waals surface area contributed by atoms with E-state index in [0.29, 0.717) is 0 Å². The molecule has 0 aromatic rings.